The summed E-state index contributed by atoms with van der Waals surface area (Å²) in [5, 5.41) is 5.36. The van der Waals surface area contributed by atoms with E-state index in [9.17, 15) is 0 Å². The number of halogens is 2. The van der Waals surface area contributed by atoms with Crippen LogP contribution in [0.5, 0.6) is 0 Å². The number of hydrogen-bond acceptors (Lipinski definition) is 0. The van der Waals surface area contributed by atoms with Crippen LogP contribution in [0.15, 0.2) is 72.8 Å². The van der Waals surface area contributed by atoms with Crippen LogP contribution in [0.3, 0.4) is 0 Å². The first-order chi connectivity index (χ1) is 10.7. The van der Waals surface area contributed by atoms with Gasteiger partial charge < -0.3 is 24.8 Å². The number of allylic oxidation sites excluding steroid dienone is 4. The summed E-state index contributed by atoms with van der Waals surface area (Å²) in [5.74, 6) is 0. The third kappa shape index (κ3) is 7.57. The minimum Gasteiger partial charge on any atom is -1.00 e. The van der Waals surface area contributed by atoms with Gasteiger partial charge in [-0.2, -0.15) is 18.2 Å². The first-order valence-corrected chi connectivity index (χ1v) is 13.6. The van der Waals surface area contributed by atoms with Gasteiger partial charge in [-0.25, -0.2) is 12.2 Å². The molecule has 0 radical (unpaired) electrons. The molecule has 0 saturated heterocycles. The van der Waals surface area contributed by atoms with Gasteiger partial charge in [-0.3, -0.25) is 6.08 Å². The fourth-order valence-corrected chi connectivity index (χ4v) is 2.23. The van der Waals surface area contributed by atoms with Crippen LogP contribution in [0.25, 0.3) is 21.5 Å². The minimum atomic E-state index is 0. The molecule has 3 aromatic rings. The average Bonchev–Trinajstić information content (AvgIpc) is 3.21. The Hall–Kier alpha value is -0.530. The molecule has 0 nitrogen and oxygen atoms in total. The van der Waals surface area contributed by atoms with Gasteiger partial charge in [0.15, 0.2) is 0 Å². The van der Waals surface area contributed by atoms with E-state index < -0.39 is 0 Å². The summed E-state index contributed by atoms with van der Waals surface area (Å²) in [4.78, 5) is 0. The second kappa shape index (κ2) is 12.8. The molecule has 124 valence electrons. The van der Waals surface area contributed by atoms with E-state index in [1.54, 1.807) is 23.3 Å². The van der Waals surface area contributed by atoms with Crippen molar-refractivity contribution in [2.75, 3.05) is 0 Å². The summed E-state index contributed by atoms with van der Waals surface area (Å²) in [6.45, 7) is 4.62. The smallest absolute Gasteiger partial charge is 0.0370 e. The summed E-state index contributed by atoms with van der Waals surface area (Å²) in [5.41, 5.74) is 0.210. The zero-order valence-electron chi connectivity index (χ0n) is 13.9. The van der Waals surface area contributed by atoms with Crippen LogP contribution < -0.4 is 24.8 Å². The van der Waals surface area contributed by atoms with Crippen LogP contribution in [-0.4, -0.2) is 5.43 Å². The molecule has 0 heterocycles. The number of fused-ring (bicyclic) bond motifs is 3. The predicted octanol–water partition coefficient (Wildman–Crippen LogP) is -0.190. The van der Waals surface area contributed by atoms with Crippen molar-refractivity contribution in [2.24, 2.45) is 0 Å². The maximum absolute atomic E-state index is 2.99. The van der Waals surface area contributed by atoms with Gasteiger partial charge in [-0.15, -0.1) is 29.3 Å². The Labute approximate surface area is 172 Å². The van der Waals surface area contributed by atoms with Gasteiger partial charge >= 0.3 is 41.9 Å². The van der Waals surface area contributed by atoms with E-state index in [-0.39, 0.29) is 30.2 Å². The third-order valence-corrected chi connectivity index (χ3v) is 3.13. The number of hydrogen-bond donors (Lipinski definition) is 0. The Morgan fingerprint density at radius 1 is 1.00 bits per heavy atom. The zero-order valence-corrected chi connectivity index (χ0v) is 18.9. The van der Waals surface area contributed by atoms with Gasteiger partial charge in [-0.05, 0) is 5.39 Å². The van der Waals surface area contributed by atoms with E-state index in [1.807, 2.05) is 12.2 Å². The Bertz CT molecular complexity index is 804. The molecular formula is C20H20Cl2SiZr-2. The maximum atomic E-state index is 2.99. The Kier molecular flexibility index (Phi) is 12.5. The van der Waals surface area contributed by atoms with Crippen molar-refractivity contribution in [3.05, 3.63) is 78.9 Å². The summed E-state index contributed by atoms with van der Waals surface area (Å²) >= 11 is 1.74. The number of rotatable bonds is 0. The topological polar surface area (TPSA) is 0 Å². The summed E-state index contributed by atoms with van der Waals surface area (Å²) < 4.78 is 0. The average molecular weight is 451 g/mol. The standard InChI is InChI=1S/C13H9.C5H5.C2H6Si.2ClH.Zr/c1-2-6-12-10(4-1)8-9-11-5-3-7-13(11)12;1-2-4-5-3-1;1-3-2;;;/h1-9H;1-3H,4H2;1-2H3;2*1H;/q2*-1;;;;+2/p-2. The van der Waals surface area contributed by atoms with Crippen molar-refractivity contribution in [3.8, 4) is 0 Å². The summed E-state index contributed by atoms with van der Waals surface area (Å²) in [7, 11) is 0. The third-order valence-electron chi connectivity index (χ3n) is 3.13. The van der Waals surface area contributed by atoms with Crippen LogP contribution in [0.1, 0.15) is 6.42 Å². The predicted molar refractivity (Wildman–Crippen MR) is 96.1 cm³/mol. The van der Waals surface area contributed by atoms with Gasteiger partial charge in [0.25, 0.3) is 0 Å². The second-order valence-electron chi connectivity index (χ2n) is 5.32. The monoisotopic (exact) mass is 448 g/mol. The number of benzene rings is 2. The molecule has 0 spiro atoms. The molecule has 0 amide bonds. The Balaban J connectivity index is 0.000000409. The zero-order chi connectivity index (χ0) is 15.8. The summed E-state index contributed by atoms with van der Waals surface area (Å²) in [6, 6.07) is 19.3. The molecule has 3 aromatic carbocycles. The van der Waals surface area contributed by atoms with Gasteiger partial charge in [0.2, 0.25) is 0 Å². The largest absolute Gasteiger partial charge is 1.00 e. The van der Waals surface area contributed by atoms with Crippen molar-refractivity contribution in [2.45, 2.75) is 19.5 Å². The minimum absolute atomic E-state index is 0. The van der Waals surface area contributed by atoms with E-state index >= 15 is 0 Å². The van der Waals surface area contributed by atoms with Gasteiger partial charge in [0.05, 0.1) is 0 Å². The van der Waals surface area contributed by atoms with E-state index in [0.717, 1.165) is 6.42 Å². The SMILES string of the molecule is C[Si](C)=[Zr+2].[C-]1=CC=CC1.[Cl-].[Cl-].c1ccc2c(c1)ccc1[cH-]ccc12. The van der Waals surface area contributed by atoms with Crippen LogP contribution in [0.2, 0.25) is 13.1 Å². The van der Waals surface area contributed by atoms with Crippen molar-refractivity contribution in [1.82, 2.24) is 0 Å². The Morgan fingerprint density at radius 3 is 2.29 bits per heavy atom. The molecule has 1 aliphatic rings. The molecule has 0 fully saturated rings. The van der Waals surface area contributed by atoms with E-state index in [0.29, 0.717) is 0 Å². The first kappa shape index (κ1) is 23.5. The van der Waals surface area contributed by atoms with E-state index in [1.165, 1.54) is 21.5 Å². The van der Waals surface area contributed by atoms with E-state index in [4.69, 9.17) is 0 Å². The van der Waals surface area contributed by atoms with E-state index in [2.05, 4.69) is 79.8 Å². The Morgan fingerprint density at radius 2 is 1.71 bits per heavy atom. The molecule has 0 bridgehead atoms. The molecular weight excluding hydrogens is 430 g/mol. The van der Waals surface area contributed by atoms with Crippen LogP contribution in [0, 0.1) is 6.08 Å². The van der Waals surface area contributed by atoms with Crippen molar-refractivity contribution in [3.63, 3.8) is 0 Å². The maximum Gasteiger partial charge on any atom is -0.0370 e. The normalized spacial score (nSPS) is 10.8. The van der Waals surface area contributed by atoms with Crippen LogP contribution in [-0.2, 0) is 23.3 Å². The molecule has 0 aromatic heterocycles. The molecule has 0 aliphatic heterocycles. The molecule has 1 aliphatic carbocycles. The van der Waals surface area contributed by atoms with Crippen molar-refractivity contribution >= 4 is 27.0 Å². The fourth-order valence-electron chi connectivity index (χ4n) is 2.23. The molecule has 0 unspecified atom stereocenters. The van der Waals surface area contributed by atoms with Gasteiger partial charge in [0.1, 0.15) is 0 Å². The fraction of sp³-hybridized carbons (Fsp3) is 0.150. The first-order valence-electron chi connectivity index (χ1n) is 7.45. The summed E-state index contributed by atoms with van der Waals surface area (Å²) in [6.07, 6.45) is 10.0. The molecule has 4 rings (SSSR count). The molecule has 4 heteroatoms. The van der Waals surface area contributed by atoms with Crippen LogP contribution in [0.4, 0.5) is 0 Å². The van der Waals surface area contributed by atoms with Crippen LogP contribution >= 0.6 is 0 Å². The molecule has 24 heavy (non-hydrogen) atoms. The quantitative estimate of drug-likeness (QED) is 0.329. The second-order valence-corrected chi connectivity index (χ2v) is 14.7. The van der Waals surface area contributed by atoms with Gasteiger partial charge in [0, 0.05) is 0 Å². The van der Waals surface area contributed by atoms with Crippen molar-refractivity contribution in [1.29, 1.82) is 0 Å². The van der Waals surface area contributed by atoms with Crippen molar-refractivity contribution < 1.29 is 48.1 Å². The molecule has 0 N–H and O–H groups in total. The van der Waals surface area contributed by atoms with Gasteiger partial charge in [-0.1, -0.05) is 35.7 Å². The molecule has 0 atom stereocenters. The molecule has 0 saturated carbocycles.